The molecule has 1 fully saturated rings. The fraction of sp³-hybridized carbons (Fsp3) is 0.467. The molecule has 0 radical (unpaired) electrons. The quantitative estimate of drug-likeness (QED) is 0.915. The number of benzene rings is 1. The second-order valence-corrected chi connectivity index (χ2v) is 4.73. The van der Waals surface area contributed by atoms with Crippen molar-refractivity contribution in [2.75, 3.05) is 43.7 Å². The van der Waals surface area contributed by atoms with Gasteiger partial charge in [-0.1, -0.05) is 0 Å². The molecule has 2 amide bonds. The first-order valence-corrected chi connectivity index (χ1v) is 7.12. The molecular formula is C15H20N2O5. The lowest BCUT2D eigenvalue weighted by molar-refractivity contribution is -0.142. The molecule has 0 unspecified atom stereocenters. The zero-order valence-electron chi connectivity index (χ0n) is 12.7. The molecule has 1 atom stereocenters. The summed E-state index contributed by atoms with van der Waals surface area (Å²) >= 11 is 0. The minimum Gasteiger partial charge on any atom is -0.449 e. The van der Waals surface area contributed by atoms with E-state index in [1.165, 1.54) is 4.90 Å². The number of hydrogen-bond donors (Lipinski definition) is 1. The molecule has 120 valence electrons. The van der Waals surface area contributed by atoms with Crippen molar-refractivity contribution in [3.8, 4) is 0 Å². The fourth-order valence-corrected chi connectivity index (χ4v) is 1.96. The largest absolute Gasteiger partial charge is 0.449 e. The molecule has 22 heavy (non-hydrogen) atoms. The van der Waals surface area contributed by atoms with E-state index in [4.69, 9.17) is 14.2 Å². The highest BCUT2D eigenvalue weighted by atomic mass is 16.6. The molecule has 1 aliphatic heterocycles. The van der Waals surface area contributed by atoms with Crippen molar-refractivity contribution in [2.45, 2.75) is 13.0 Å². The zero-order chi connectivity index (χ0) is 15.9. The first kappa shape index (κ1) is 16.3. The van der Waals surface area contributed by atoms with Crippen LogP contribution < -0.4 is 10.2 Å². The van der Waals surface area contributed by atoms with Crippen molar-refractivity contribution in [2.24, 2.45) is 0 Å². The molecular weight excluding hydrogens is 288 g/mol. The maximum atomic E-state index is 12.0. The SMILES string of the molecule is CCOC(=O)N(C)c1ccc(NC(=O)[C@H]2COCCO2)cc1. The van der Waals surface area contributed by atoms with E-state index in [0.717, 1.165) is 0 Å². The third-order valence-corrected chi connectivity index (χ3v) is 3.17. The Hall–Kier alpha value is -2.12. The van der Waals surface area contributed by atoms with Gasteiger partial charge in [-0.2, -0.15) is 0 Å². The number of nitrogens with zero attached hydrogens (tertiary/aromatic N) is 1. The van der Waals surface area contributed by atoms with Crippen LogP contribution in [0.1, 0.15) is 6.92 Å². The van der Waals surface area contributed by atoms with E-state index in [1.54, 1.807) is 38.2 Å². The van der Waals surface area contributed by atoms with Gasteiger partial charge in [0.05, 0.1) is 26.4 Å². The molecule has 7 heteroatoms. The maximum absolute atomic E-state index is 12.0. The number of ether oxygens (including phenoxy) is 3. The van der Waals surface area contributed by atoms with Crippen LogP contribution in [0.25, 0.3) is 0 Å². The molecule has 1 aliphatic rings. The van der Waals surface area contributed by atoms with Crippen LogP contribution in [0.3, 0.4) is 0 Å². The average molecular weight is 308 g/mol. The molecule has 1 saturated heterocycles. The summed E-state index contributed by atoms with van der Waals surface area (Å²) in [6.45, 7) is 3.26. The summed E-state index contributed by atoms with van der Waals surface area (Å²) in [6.07, 6.45) is -1.01. The Kier molecular flexibility index (Phi) is 5.74. The topological polar surface area (TPSA) is 77.1 Å². The zero-order valence-corrected chi connectivity index (χ0v) is 12.7. The van der Waals surface area contributed by atoms with Crippen molar-refractivity contribution in [1.29, 1.82) is 0 Å². The summed E-state index contributed by atoms with van der Waals surface area (Å²) in [5, 5.41) is 2.75. The van der Waals surface area contributed by atoms with Gasteiger partial charge in [-0.25, -0.2) is 4.79 Å². The van der Waals surface area contributed by atoms with Gasteiger partial charge >= 0.3 is 6.09 Å². The fourth-order valence-electron chi connectivity index (χ4n) is 1.96. The highest BCUT2D eigenvalue weighted by Crippen LogP contribution is 2.18. The highest BCUT2D eigenvalue weighted by molar-refractivity contribution is 5.95. The molecule has 1 heterocycles. The maximum Gasteiger partial charge on any atom is 0.413 e. The molecule has 0 aliphatic carbocycles. The molecule has 1 aromatic rings. The van der Waals surface area contributed by atoms with Gasteiger partial charge in [0.25, 0.3) is 5.91 Å². The predicted octanol–water partition coefficient (Wildman–Crippen LogP) is 1.63. The standard InChI is InChI=1S/C15H20N2O5/c1-3-21-15(19)17(2)12-6-4-11(5-7-12)16-14(18)13-10-20-8-9-22-13/h4-7,13H,3,8-10H2,1-2H3,(H,16,18)/t13-/m1/s1. The summed E-state index contributed by atoms with van der Waals surface area (Å²) in [7, 11) is 1.62. The Bertz CT molecular complexity index is 511. The van der Waals surface area contributed by atoms with E-state index in [0.29, 0.717) is 31.2 Å². The van der Waals surface area contributed by atoms with E-state index in [-0.39, 0.29) is 12.5 Å². The smallest absolute Gasteiger partial charge is 0.413 e. The van der Waals surface area contributed by atoms with Crippen LogP contribution >= 0.6 is 0 Å². The van der Waals surface area contributed by atoms with Crippen LogP contribution in [0, 0.1) is 0 Å². The Morgan fingerprint density at radius 1 is 1.32 bits per heavy atom. The first-order chi connectivity index (χ1) is 10.6. The Balaban J connectivity index is 1.93. The van der Waals surface area contributed by atoms with Crippen LogP contribution in [0.2, 0.25) is 0 Å². The van der Waals surface area contributed by atoms with Crippen LogP contribution in [0.5, 0.6) is 0 Å². The second-order valence-electron chi connectivity index (χ2n) is 4.73. The lowest BCUT2D eigenvalue weighted by Crippen LogP contribution is -2.39. The van der Waals surface area contributed by atoms with Gasteiger partial charge in [0, 0.05) is 18.4 Å². The monoisotopic (exact) mass is 308 g/mol. The molecule has 1 N–H and O–H groups in total. The molecule has 1 aromatic carbocycles. The summed E-state index contributed by atoms with van der Waals surface area (Å²) < 4.78 is 15.4. The minimum atomic E-state index is -0.587. The van der Waals surface area contributed by atoms with E-state index in [9.17, 15) is 9.59 Å². The van der Waals surface area contributed by atoms with E-state index in [2.05, 4.69) is 5.32 Å². The number of carbonyl (C=O) groups is 2. The Morgan fingerprint density at radius 3 is 2.64 bits per heavy atom. The summed E-state index contributed by atoms with van der Waals surface area (Å²) in [5.74, 6) is -0.244. The lowest BCUT2D eigenvalue weighted by atomic mass is 10.2. The van der Waals surface area contributed by atoms with Crippen molar-refractivity contribution in [3.05, 3.63) is 24.3 Å². The molecule has 0 aromatic heterocycles. The molecule has 0 bridgehead atoms. The van der Waals surface area contributed by atoms with Gasteiger partial charge in [0.2, 0.25) is 0 Å². The number of anilines is 2. The Labute approximate surface area is 129 Å². The summed E-state index contributed by atoms with van der Waals surface area (Å²) in [5.41, 5.74) is 1.30. The van der Waals surface area contributed by atoms with Crippen LogP contribution in [0.15, 0.2) is 24.3 Å². The van der Waals surface area contributed by atoms with Crippen LogP contribution in [-0.4, -0.2) is 51.6 Å². The van der Waals surface area contributed by atoms with E-state index in [1.807, 2.05) is 0 Å². The predicted molar refractivity (Wildman–Crippen MR) is 81.1 cm³/mol. The number of rotatable bonds is 4. The molecule has 0 spiro atoms. The summed E-state index contributed by atoms with van der Waals surface area (Å²) in [4.78, 5) is 25.0. The normalized spacial score (nSPS) is 17.6. The summed E-state index contributed by atoms with van der Waals surface area (Å²) in [6, 6.07) is 6.88. The van der Waals surface area contributed by atoms with Crippen molar-refractivity contribution >= 4 is 23.4 Å². The first-order valence-electron chi connectivity index (χ1n) is 7.12. The van der Waals surface area contributed by atoms with Gasteiger partial charge < -0.3 is 19.5 Å². The third kappa shape index (κ3) is 4.19. The number of amides is 2. The van der Waals surface area contributed by atoms with Crippen molar-refractivity contribution in [3.63, 3.8) is 0 Å². The third-order valence-electron chi connectivity index (χ3n) is 3.17. The molecule has 7 nitrogen and oxygen atoms in total. The lowest BCUT2D eigenvalue weighted by Gasteiger charge is -2.22. The van der Waals surface area contributed by atoms with Crippen LogP contribution in [0.4, 0.5) is 16.2 Å². The van der Waals surface area contributed by atoms with E-state index < -0.39 is 12.2 Å². The van der Waals surface area contributed by atoms with Gasteiger partial charge in [-0.05, 0) is 31.2 Å². The van der Waals surface area contributed by atoms with Gasteiger partial charge in [0.15, 0.2) is 6.10 Å². The average Bonchev–Trinajstić information content (AvgIpc) is 2.56. The number of hydrogen-bond acceptors (Lipinski definition) is 5. The molecule has 2 rings (SSSR count). The highest BCUT2D eigenvalue weighted by Gasteiger charge is 2.22. The van der Waals surface area contributed by atoms with Crippen LogP contribution in [-0.2, 0) is 19.0 Å². The van der Waals surface area contributed by atoms with Gasteiger partial charge in [-0.15, -0.1) is 0 Å². The van der Waals surface area contributed by atoms with E-state index >= 15 is 0 Å². The van der Waals surface area contributed by atoms with Gasteiger partial charge in [-0.3, -0.25) is 9.69 Å². The number of carbonyl (C=O) groups excluding carboxylic acids is 2. The molecule has 0 saturated carbocycles. The van der Waals surface area contributed by atoms with Crippen molar-refractivity contribution in [1.82, 2.24) is 0 Å². The second kappa shape index (κ2) is 7.77. The minimum absolute atomic E-state index is 0.244. The van der Waals surface area contributed by atoms with Gasteiger partial charge in [0.1, 0.15) is 0 Å². The number of nitrogens with one attached hydrogen (secondary N) is 1. The Morgan fingerprint density at radius 2 is 2.05 bits per heavy atom. The van der Waals surface area contributed by atoms with Crippen molar-refractivity contribution < 1.29 is 23.8 Å².